The van der Waals surface area contributed by atoms with Crippen molar-refractivity contribution in [2.24, 2.45) is 7.05 Å². The molecule has 0 amide bonds. The van der Waals surface area contributed by atoms with Crippen molar-refractivity contribution >= 4 is 42.9 Å². The molecule has 0 atom stereocenters. The molecule has 21 heavy (non-hydrogen) atoms. The van der Waals surface area contributed by atoms with Gasteiger partial charge in [-0.05, 0) is 12.1 Å². The van der Waals surface area contributed by atoms with E-state index in [-0.39, 0.29) is 14.9 Å². The maximum atomic E-state index is 11.3. The van der Waals surface area contributed by atoms with Gasteiger partial charge in [-0.2, -0.15) is 0 Å². The SMILES string of the molecule is Cn1ccnc1CCOc1ccc(S(=O)(=O)Cl)c(Cl)c1Cl. The number of imidazole rings is 1. The number of aryl methyl sites for hydroxylation is 1. The van der Waals surface area contributed by atoms with Crippen molar-refractivity contribution in [3.8, 4) is 5.75 Å². The minimum Gasteiger partial charge on any atom is -0.492 e. The fourth-order valence-electron chi connectivity index (χ4n) is 1.70. The van der Waals surface area contributed by atoms with Gasteiger partial charge < -0.3 is 9.30 Å². The van der Waals surface area contributed by atoms with E-state index in [1.165, 1.54) is 12.1 Å². The largest absolute Gasteiger partial charge is 0.492 e. The van der Waals surface area contributed by atoms with Crippen LogP contribution in [0.2, 0.25) is 10.0 Å². The van der Waals surface area contributed by atoms with Crippen LogP contribution < -0.4 is 4.74 Å². The van der Waals surface area contributed by atoms with Crippen molar-refractivity contribution in [1.82, 2.24) is 9.55 Å². The molecule has 114 valence electrons. The zero-order chi connectivity index (χ0) is 15.6. The fourth-order valence-corrected chi connectivity index (χ4v) is 3.49. The van der Waals surface area contributed by atoms with Crippen molar-refractivity contribution in [3.63, 3.8) is 0 Å². The number of benzene rings is 1. The summed E-state index contributed by atoms with van der Waals surface area (Å²) in [6, 6.07) is 2.68. The minimum atomic E-state index is -3.95. The Morgan fingerprint density at radius 2 is 2.00 bits per heavy atom. The van der Waals surface area contributed by atoms with Gasteiger partial charge >= 0.3 is 0 Å². The van der Waals surface area contributed by atoms with Crippen molar-refractivity contribution in [2.45, 2.75) is 11.3 Å². The van der Waals surface area contributed by atoms with Crippen molar-refractivity contribution in [3.05, 3.63) is 40.4 Å². The summed E-state index contributed by atoms with van der Waals surface area (Å²) in [5.74, 6) is 1.15. The molecule has 9 heteroatoms. The number of aromatic nitrogens is 2. The third-order valence-electron chi connectivity index (χ3n) is 2.78. The lowest BCUT2D eigenvalue weighted by Gasteiger charge is -2.10. The standard InChI is InChI=1S/C12H11Cl3N2O3S/c1-17-6-5-16-10(17)4-7-20-8-2-3-9(21(15,18)19)12(14)11(8)13/h2-3,5-6H,4,7H2,1H3. The van der Waals surface area contributed by atoms with Gasteiger partial charge in [0.25, 0.3) is 9.05 Å². The van der Waals surface area contributed by atoms with Gasteiger partial charge in [-0.15, -0.1) is 0 Å². The van der Waals surface area contributed by atoms with E-state index in [1.54, 1.807) is 6.20 Å². The smallest absolute Gasteiger partial charge is 0.262 e. The highest BCUT2D eigenvalue weighted by molar-refractivity contribution is 8.13. The molecular weight excluding hydrogens is 359 g/mol. The van der Waals surface area contributed by atoms with Gasteiger partial charge in [0.2, 0.25) is 0 Å². The first kappa shape index (κ1) is 16.4. The summed E-state index contributed by atoms with van der Waals surface area (Å²) in [6.07, 6.45) is 4.10. The molecule has 0 N–H and O–H groups in total. The Morgan fingerprint density at radius 3 is 2.57 bits per heavy atom. The topological polar surface area (TPSA) is 61.2 Å². The van der Waals surface area contributed by atoms with E-state index in [0.29, 0.717) is 18.8 Å². The molecule has 0 aliphatic carbocycles. The van der Waals surface area contributed by atoms with Crippen molar-refractivity contribution in [1.29, 1.82) is 0 Å². The summed E-state index contributed by atoms with van der Waals surface area (Å²) in [5, 5.41) is -0.139. The highest BCUT2D eigenvalue weighted by Gasteiger charge is 2.19. The van der Waals surface area contributed by atoms with E-state index in [0.717, 1.165) is 5.82 Å². The van der Waals surface area contributed by atoms with E-state index in [9.17, 15) is 8.42 Å². The van der Waals surface area contributed by atoms with Crippen LogP contribution in [-0.2, 0) is 22.5 Å². The molecule has 0 spiro atoms. The van der Waals surface area contributed by atoms with Crippen molar-refractivity contribution < 1.29 is 13.2 Å². The Balaban J connectivity index is 2.12. The van der Waals surface area contributed by atoms with Crippen LogP contribution in [0.1, 0.15) is 5.82 Å². The van der Waals surface area contributed by atoms with Crippen LogP contribution in [0.5, 0.6) is 5.75 Å². The van der Waals surface area contributed by atoms with E-state index in [2.05, 4.69) is 4.98 Å². The number of ether oxygens (including phenoxy) is 1. The Hall–Kier alpha value is -0.950. The Labute approximate surface area is 136 Å². The minimum absolute atomic E-state index is 0.0123. The Morgan fingerprint density at radius 1 is 1.29 bits per heavy atom. The summed E-state index contributed by atoms with van der Waals surface area (Å²) in [7, 11) is 3.19. The second-order valence-electron chi connectivity index (χ2n) is 4.18. The molecule has 0 fully saturated rings. The molecule has 5 nitrogen and oxygen atoms in total. The highest BCUT2D eigenvalue weighted by atomic mass is 35.7. The molecule has 2 aromatic rings. The molecule has 0 aliphatic rings. The molecule has 0 saturated heterocycles. The summed E-state index contributed by atoms with van der Waals surface area (Å²) in [6.45, 7) is 0.327. The molecule has 1 aromatic carbocycles. The lowest BCUT2D eigenvalue weighted by Crippen LogP contribution is -2.06. The van der Waals surface area contributed by atoms with Gasteiger partial charge in [0, 0.05) is 36.5 Å². The first-order chi connectivity index (χ1) is 9.80. The van der Waals surface area contributed by atoms with Crippen LogP contribution >= 0.6 is 33.9 Å². The molecule has 0 saturated carbocycles. The van der Waals surface area contributed by atoms with E-state index < -0.39 is 9.05 Å². The van der Waals surface area contributed by atoms with Crippen molar-refractivity contribution in [2.75, 3.05) is 6.61 Å². The average Bonchev–Trinajstić information content (AvgIpc) is 2.79. The third-order valence-corrected chi connectivity index (χ3v) is 5.12. The predicted octanol–water partition coefficient (Wildman–Crippen LogP) is 3.28. The zero-order valence-electron chi connectivity index (χ0n) is 10.9. The molecular formula is C12H11Cl3N2O3S. The van der Waals surface area contributed by atoms with Crippen LogP contribution in [0, 0.1) is 0 Å². The Kier molecular flexibility index (Phi) is 5.03. The number of halogens is 3. The van der Waals surface area contributed by atoms with Gasteiger partial charge in [0.1, 0.15) is 21.5 Å². The third kappa shape index (κ3) is 3.83. The quantitative estimate of drug-likeness (QED) is 0.759. The number of hydrogen-bond acceptors (Lipinski definition) is 4. The van der Waals surface area contributed by atoms with Gasteiger partial charge in [0.05, 0.1) is 11.6 Å². The second-order valence-corrected chi connectivity index (χ2v) is 7.47. The van der Waals surface area contributed by atoms with Crippen LogP contribution in [0.4, 0.5) is 0 Å². The van der Waals surface area contributed by atoms with E-state index in [4.69, 9.17) is 38.6 Å². The molecule has 1 aromatic heterocycles. The Bertz CT molecular complexity index is 759. The normalized spacial score (nSPS) is 11.6. The summed E-state index contributed by atoms with van der Waals surface area (Å²) in [4.78, 5) is 3.92. The number of rotatable bonds is 5. The molecule has 0 radical (unpaired) electrons. The molecule has 0 bridgehead atoms. The van der Waals surface area contributed by atoms with Gasteiger partial charge in [-0.3, -0.25) is 0 Å². The maximum absolute atomic E-state index is 11.3. The zero-order valence-corrected chi connectivity index (χ0v) is 14.0. The average molecular weight is 370 g/mol. The predicted molar refractivity (Wildman–Crippen MR) is 81.9 cm³/mol. The van der Waals surface area contributed by atoms with Gasteiger partial charge in [0.15, 0.2) is 0 Å². The van der Waals surface area contributed by atoms with Gasteiger partial charge in [-0.1, -0.05) is 23.2 Å². The molecule has 1 heterocycles. The summed E-state index contributed by atoms with van der Waals surface area (Å²) < 4.78 is 30.0. The fraction of sp³-hybridized carbons (Fsp3) is 0.250. The first-order valence-electron chi connectivity index (χ1n) is 5.82. The monoisotopic (exact) mass is 368 g/mol. The highest BCUT2D eigenvalue weighted by Crippen LogP contribution is 2.37. The first-order valence-corrected chi connectivity index (χ1v) is 8.89. The van der Waals surface area contributed by atoms with E-state index in [1.807, 2.05) is 17.8 Å². The maximum Gasteiger partial charge on any atom is 0.262 e. The summed E-state index contributed by atoms with van der Waals surface area (Å²) >= 11 is 11.9. The second kappa shape index (κ2) is 6.44. The number of nitrogens with zero attached hydrogens (tertiary/aromatic N) is 2. The summed E-state index contributed by atoms with van der Waals surface area (Å²) in [5.41, 5.74) is 0. The molecule has 0 unspecified atom stereocenters. The van der Waals surface area contributed by atoms with E-state index >= 15 is 0 Å². The van der Waals surface area contributed by atoms with Gasteiger partial charge in [-0.25, -0.2) is 13.4 Å². The lowest BCUT2D eigenvalue weighted by molar-refractivity contribution is 0.317. The molecule has 2 rings (SSSR count). The van der Waals surface area contributed by atoms with Crippen LogP contribution in [-0.4, -0.2) is 24.6 Å². The van der Waals surface area contributed by atoms with Crippen LogP contribution in [0.15, 0.2) is 29.4 Å². The molecule has 0 aliphatic heterocycles. The van der Waals surface area contributed by atoms with Crippen LogP contribution in [0.3, 0.4) is 0 Å². The lowest BCUT2D eigenvalue weighted by atomic mass is 10.3. The van der Waals surface area contributed by atoms with Crippen LogP contribution in [0.25, 0.3) is 0 Å². The number of hydrogen-bond donors (Lipinski definition) is 0.